The van der Waals surface area contributed by atoms with Crippen LogP contribution in [0.4, 0.5) is 0 Å². The maximum absolute atomic E-state index is 13.3. The molecule has 85 heavy (non-hydrogen) atoms. The summed E-state index contributed by atoms with van der Waals surface area (Å²) in [4.78, 5) is 51.6. The zero-order chi connectivity index (χ0) is 60.9. The highest BCUT2D eigenvalue weighted by Gasteiger charge is 2.65. The molecule has 4 fully saturated rings. The molecule has 6 aromatic rings. The highest BCUT2D eigenvalue weighted by atomic mass is 32.2. The molecule has 2 aromatic heterocycles. The van der Waals surface area contributed by atoms with E-state index in [4.69, 9.17) is 24.1 Å². The number of aromatic carboxylic acids is 1. The number of rotatable bonds is 15. The number of ether oxygens (including phenoxy) is 4. The average Bonchev–Trinajstić information content (AvgIpc) is 1.56. The average molecular weight is 1200 g/mol. The highest BCUT2D eigenvalue weighted by molar-refractivity contribution is 7.87. The van der Waals surface area contributed by atoms with E-state index in [0.717, 1.165) is 121 Å². The van der Waals surface area contributed by atoms with E-state index in [1.54, 1.807) is 38.5 Å². The molecule has 4 atom stereocenters. The number of likely N-dealkylation sites (N-methyl/N-ethyl adjacent to an activating group) is 2. The monoisotopic (exact) mass is 1200 g/mol. The molecule has 12 rings (SSSR count). The van der Waals surface area contributed by atoms with Gasteiger partial charge < -0.3 is 33.2 Å². The third-order valence-electron chi connectivity index (χ3n) is 18.6. The molecule has 21 heteroatoms. The maximum Gasteiger partial charge on any atom is 0.335 e. The van der Waals surface area contributed by atoms with Gasteiger partial charge in [0.05, 0.1) is 56.2 Å². The number of amides is 1. The lowest BCUT2D eigenvalue weighted by Gasteiger charge is -2.24. The molecule has 0 spiro atoms. The summed E-state index contributed by atoms with van der Waals surface area (Å²) in [5.74, 6) is 0.213. The number of aromatic nitrogens is 2. The summed E-state index contributed by atoms with van der Waals surface area (Å²) in [7, 11) is 1.41. The molecule has 4 saturated carbocycles. The topological polar surface area (TPSA) is 248 Å². The Labute approximate surface area is 497 Å². The molecule has 0 bridgehead atoms. The van der Waals surface area contributed by atoms with Crippen molar-refractivity contribution in [1.29, 1.82) is 0 Å². The van der Waals surface area contributed by atoms with Crippen LogP contribution < -0.4 is 19.3 Å². The highest BCUT2D eigenvalue weighted by Crippen LogP contribution is 2.67. The van der Waals surface area contributed by atoms with Crippen LogP contribution in [-0.4, -0.2) is 119 Å². The van der Waals surface area contributed by atoms with Gasteiger partial charge in [0.25, 0.3) is 16.1 Å². The van der Waals surface area contributed by atoms with Crippen LogP contribution >= 0.6 is 0 Å². The fourth-order valence-electron chi connectivity index (χ4n) is 14.0. The van der Waals surface area contributed by atoms with Gasteiger partial charge in [-0.05, 0) is 133 Å². The van der Waals surface area contributed by atoms with Gasteiger partial charge in [0.1, 0.15) is 11.5 Å². The molecular weight excluding hydrogens is 1120 g/mol. The van der Waals surface area contributed by atoms with E-state index in [1.807, 2.05) is 30.3 Å². The number of benzene rings is 4. The first-order valence-corrected chi connectivity index (χ1v) is 31.9. The van der Waals surface area contributed by atoms with Crippen molar-refractivity contribution in [2.24, 2.45) is 16.0 Å². The number of carboxylic acid groups (broad SMARTS) is 1. The fraction of sp³-hybridized carbons (Fsp3) is 0.438. The van der Waals surface area contributed by atoms with Gasteiger partial charge in [-0.3, -0.25) is 14.4 Å². The van der Waals surface area contributed by atoms with Crippen molar-refractivity contribution in [3.05, 3.63) is 131 Å². The number of carboxylic acids is 1. The van der Waals surface area contributed by atoms with E-state index in [0.29, 0.717) is 31.3 Å². The Morgan fingerprint density at radius 2 is 1.06 bits per heavy atom. The van der Waals surface area contributed by atoms with Crippen molar-refractivity contribution in [3.63, 3.8) is 0 Å². The number of nitrogens with two attached hydrogens (primary N) is 1. The third kappa shape index (κ3) is 11.2. The molecular formula is C64H76N6O13S2. The minimum absolute atomic E-state index is 0.0128. The molecule has 0 saturated heterocycles. The van der Waals surface area contributed by atoms with Crippen LogP contribution in [0.2, 0.25) is 0 Å². The Balaban J connectivity index is 0.000000168. The molecule has 4 unspecified atom stereocenters. The smallest absolute Gasteiger partial charge is 0.335 e. The van der Waals surface area contributed by atoms with Gasteiger partial charge in [-0.2, -0.15) is 25.4 Å². The SMILES string of the molecule is C=CCN(C)S(=O)(=O)NC(=O)c1ccc2c(C3CCCCC3)c3n(c2c1)CC1(C(=O)OC)CC1c1cc(OC)ccc1-3.C=CCN(C)S(N)(=O)=O.COC(=O)C12CC1c1cc(OC)ccc1-c1c(C3CCCCC3)c3ccc(C(=O)O)cc3n1C2. The van der Waals surface area contributed by atoms with Crippen LogP contribution in [0.15, 0.2) is 98.1 Å². The molecule has 0 radical (unpaired) electrons. The van der Waals surface area contributed by atoms with Crippen LogP contribution in [0.5, 0.6) is 11.5 Å². The second kappa shape index (κ2) is 23.9. The van der Waals surface area contributed by atoms with Gasteiger partial charge in [0, 0.05) is 90.6 Å². The molecule has 452 valence electrons. The molecule has 6 aliphatic rings. The third-order valence-corrected chi connectivity index (χ3v) is 21.0. The minimum Gasteiger partial charge on any atom is -0.497 e. The van der Waals surface area contributed by atoms with Crippen LogP contribution in [-0.2, 0) is 52.6 Å². The molecule has 4 heterocycles. The van der Waals surface area contributed by atoms with Crippen molar-refractivity contribution < 1.29 is 60.1 Å². The number of nitrogens with one attached hydrogen (secondary N) is 1. The largest absolute Gasteiger partial charge is 0.497 e. The molecule has 1 amide bonds. The summed E-state index contributed by atoms with van der Waals surface area (Å²) in [6.07, 6.45) is 15.9. The Morgan fingerprint density at radius 3 is 1.45 bits per heavy atom. The van der Waals surface area contributed by atoms with Gasteiger partial charge in [0.2, 0.25) is 0 Å². The van der Waals surface area contributed by atoms with Crippen LogP contribution in [0.25, 0.3) is 44.3 Å². The summed E-state index contributed by atoms with van der Waals surface area (Å²) in [5.41, 5.74) is 9.98. The summed E-state index contributed by atoms with van der Waals surface area (Å²) >= 11 is 0. The van der Waals surface area contributed by atoms with Crippen LogP contribution in [0.1, 0.15) is 144 Å². The number of carbonyl (C=O) groups excluding carboxylic acids is 3. The molecule has 4 aliphatic carbocycles. The number of nitrogens with zero attached hydrogens (tertiary/aromatic N) is 4. The lowest BCUT2D eigenvalue weighted by Crippen LogP contribution is -2.41. The van der Waals surface area contributed by atoms with Gasteiger partial charge in [-0.25, -0.2) is 14.7 Å². The number of esters is 2. The van der Waals surface area contributed by atoms with Crippen LogP contribution in [0, 0.1) is 10.8 Å². The predicted molar refractivity (Wildman–Crippen MR) is 325 cm³/mol. The summed E-state index contributed by atoms with van der Waals surface area (Å²) < 4.78 is 76.6. The van der Waals surface area contributed by atoms with Gasteiger partial charge in [0.15, 0.2) is 0 Å². The Kier molecular flexibility index (Phi) is 17.1. The quantitative estimate of drug-likeness (QED) is 0.0640. The number of methoxy groups -OCH3 is 4. The van der Waals surface area contributed by atoms with E-state index >= 15 is 0 Å². The zero-order valence-corrected chi connectivity index (χ0v) is 50.8. The summed E-state index contributed by atoms with van der Waals surface area (Å²) in [6, 6.07) is 23.1. The fourth-order valence-corrected chi connectivity index (χ4v) is 15.2. The van der Waals surface area contributed by atoms with E-state index in [2.05, 4.69) is 45.2 Å². The maximum atomic E-state index is 13.3. The first kappa shape index (κ1) is 60.8. The van der Waals surface area contributed by atoms with Crippen molar-refractivity contribution in [3.8, 4) is 34.0 Å². The second-order valence-electron chi connectivity index (χ2n) is 23.5. The first-order chi connectivity index (χ1) is 40.6. The van der Waals surface area contributed by atoms with Gasteiger partial charge >= 0.3 is 28.1 Å². The van der Waals surface area contributed by atoms with Crippen molar-refractivity contribution >= 4 is 66.0 Å². The molecule has 19 nitrogen and oxygen atoms in total. The van der Waals surface area contributed by atoms with E-state index in [-0.39, 0.29) is 48.0 Å². The van der Waals surface area contributed by atoms with Crippen LogP contribution in [0.3, 0.4) is 0 Å². The summed E-state index contributed by atoms with van der Waals surface area (Å²) in [6.45, 7) is 8.14. The standard InChI is InChI=1S/C32H37N3O6S.C28H29NO5.C4H10N2O2S/c1-5-15-34(2)42(38,39)33-30(36)21-11-13-24-27(16-21)35-19-32(31(37)41-4)18-26(32)25-17-22(40-3)12-14-23(25)29(35)28(24)20-9-7-6-8-10-20;1-33-18-9-11-19-21(13-18)22-14-28(22,27(32)34-2)15-29-23-12-17(26(30)31)8-10-20(23)24(25(19)29)16-6-4-3-5-7-16;1-3-4-6(2)9(5,7)8/h5,11-14,16-17,20,26H,1,6-10,15,18-19H2,2-4H3,(H,33,36);8-13,16,22H,3-7,14-15H2,1-2H3,(H,30,31);3H,1,4H2,2H3,(H2,5,7,8). The Morgan fingerprint density at radius 1 is 0.635 bits per heavy atom. The van der Waals surface area contributed by atoms with Gasteiger partial charge in [-0.1, -0.05) is 62.8 Å². The zero-order valence-electron chi connectivity index (χ0n) is 49.1. The number of fused-ring (bicyclic) bond motifs is 14. The first-order valence-electron chi connectivity index (χ1n) is 28.9. The molecule has 2 aliphatic heterocycles. The lowest BCUT2D eigenvalue weighted by atomic mass is 9.81. The van der Waals surface area contributed by atoms with Crippen molar-refractivity contribution in [1.82, 2.24) is 22.5 Å². The number of hydrogen-bond acceptors (Lipinski definition) is 12. The van der Waals surface area contributed by atoms with Gasteiger partial charge in [-0.15, -0.1) is 13.2 Å². The van der Waals surface area contributed by atoms with E-state index in [9.17, 15) is 41.1 Å². The van der Waals surface area contributed by atoms with E-state index in [1.165, 1.54) is 77.3 Å². The summed E-state index contributed by atoms with van der Waals surface area (Å²) in [5, 5.41) is 16.6. The molecule has 4 aromatic carbocycles. The van der Waals surface area contributed by atoms with Crippen molar-refractivity contribution in [2.75, 3.05) is 55.6 Å². The lowest BCUT2D eigenvalue weighted by molar-refractivity contribution is -0.148. The van der Waals surface area contributed by atoms with Crippen molar-refractivity contribution in [2.45, 2.75) is 114 Å². The molecule has 4 N–H and O–H groups in total. The number of hydrogen-bond donors (Lipinski definition) is 3. The normalized spacial score (nSPS) is 21.3. The minimum atomic E-state index is -4.05. The van der Waals surface area contributed by atoms with E-state index < -0.39 is 43.1 Å². The second-order valence-corrected chi connectivity index (χ2v) is 26.9. The Hall–Kier alpha value is -7.30. The Bertz CT molecular complexity index is 3900. The number of carbonyl (C=O) groups is 4. The predicted octanol–water partition coefficient (Wildman–Crippen LogP) is 10.1.